The van der Waals surface area contributed by atoms with Crippen molar-refractivity contribution < 1.29 is 13.5 Å². The standard InChI is InChI=1S/C19H20FN3O2/c20-16-4-1-3-15(11-16)19(7-10-24-14-19)13-21-18-6-8-22-23(18)12-17-5-2-9-25-17/h1-6,8-9,11,21H,7,10,12-14H2. The molecule has 1 atom stereocenters. The first-order valence-electron chi connectivity index (χ1n) is 8.37. The Labute approximate surface area is 145 Å². The van der Waals surface area contributed by atoms with Gasteiger partial charge in [0.05, 0.1) is 19.1 Å². The first-order valence-corrected chi connectivity index (χ1v) is 8.37. The van der Waals surface area contributed by atoms with Crippen LogP contribution in [-0.4, -0.2) is 29.5 Å². The molecule has 1 aliphatic rings. The molecule has 0 aliphatic carbocycles. The number of hydrogen-bond acceptors (Lipinski definition) is 4. The largest absolute Gasteiger partial charge is 0.467 e. The summed E-state index contributed by atoms with van der Waals surface area (Å²) in [6, 6.07) is 12.5. The Kier molecular flexibility index (Phi) is 4.28. The quantitative estimate of drug-likeness (QED) is 0.746. The van der Waals surface area contributed by atoms with Crippen LogP contribution in [0.1, 0.15) is 17.7 Å². The molecule has 3 aromatic rings. The molecule has 0 saturated carbocycles. The number of anilines is 1. The van der Waals surface area contributed by atoms with Gasteiger partial charge in [0.2, 0.25) is 0 Å². The number of halogens is 1. The maximum absolute atomic E-state index is 13.7. The summed E-state index contributed by atoms with van der Waals surface area (Å²) in [6.07, 6.45) is 4.27. The van der Waals surface area contributed by atoms with Gasteiger partial charge in [0, 0.05) is 24.6 Å². The Morgan fingerprint density at radius 3 is 2.96 bits per heavy atom. The highest BCUT2D eigenvalue weighted by molar-refractivity contribution is 5.38. The highest BCUT2D eigenvalue weighted by atomic mass is 19.1. The number of aromatic nitrogens is 2. The SMILES string of the molecule is Fc1cccc(C2(CNc3ccnn3Cc3ccco3)CCOC2)c1. The van der Waals surface area contributed by atoms with Crippen molar-refractivity contribution in [3.05, 3.63) is 72.1 Å². The molecule has 0 radical (unpaired) electrons. The lowest BCUT2D eigenvalue weighted by Gasteiger charge is -2.29. The fourth-order valence-corrected chi connectivity index (χ4v) is 3.31. The van der Waals surface area contributed by atoms with Gasteiger partial charge in [0.15, 0.2) is 0 Å². The van der Waals surface area contributed by atoms with Crippen LogP contribution in [0.2, 0.25) is 0 Å². The molecule has 2 aromatic heterocycles. The van der Waals surface area contributed by atoms with Crippen LogP contribution in [0.3, 0.4) is 0 Å². The predicted molar refractivity (Wildman–Crippen MR) is 92.0 cm³/mol. The third-order valence-corrected chi connectivity index (χ3v) is 4.75. The Morgan fingerprint density at radius 2 is 2.20 bits per heavy atom. The Morgan fingerprint density at radius 1 is 1.24 bits per heavy atom. The number of hydrogen-bond donors (Lipinski definition) is 1. The molecule has 1 unspecified atom stereocenters. The molecule has 4 rings (SSSR count). The van der Waals surface area contributed by atoms with Gasteiger partial charge in [-0.05, 0) is 36.2 Å². The highest BCUT2D eigenvalue weighted by Gasteiger charge is 2.37. The first kappa shape index (κ1) is 15.9. The molecular formula is C19H20FN3O2. The zero-order valence-electron chi connectivity index (χ0n) is 13.8. The van der Waals surface area contributed by atoms with Crippen LogP contribution in [0.15, 0.2) is 59.3 Å². The van der Waals surface area contributed by atoms with Crippen molar-refractivity contribution in [3.63, 3.8) is 0 Å². The average molecular weight is 341 g/mol. The minimum Gasteiger partial charge on any atom is -0.467 e. The molecule has 5 nitrogen and oxygen atoms in total. The van der Waals surface area contributed by atoms with Gasteiger partial charge in [-0.3, -0.25) is 0 Å². The predicted octanol–water partition coefficient (Wildman–Crippen LogP) is 3.43. The Balaban J connectivity index is 1.52. The van der Waals surface area contributed by atoms with E-state index in [0.717, 1.165) is 23.6 Å². The van der Waals surface area contributed by atoms with Crippen LogP contribution in [0.4, 0.5) is 10.2 Å². The van der Waals surface area contributed by atoms with Gasteiger partial charge < -0.3 is 14.5 Å². The third-order valence-electron chi connectivity index (χ3n) is 4.75. The maximum Gasteiger partial charge on any atom is 0.125 e. The summed E-state index contributed by atoms with van der Waals surface area (Å²) >= 11 is 0. The molecule has 0 bridgehead atoms. The first-order chi connectivity index (χ1) is 12.3. The lowest BCUT2D eigenvalue weighted by molar-refractivity contribution is 0.179. The van der Waals surface area contributed by atoms with E-state index in [1.807, 2.05) is 28.9 Å². The Bertz CT molecular complexity index is 823. The molecule has 1 N–H and O–H groups in total. The number of furan rings is 1. The second kappa shape index (κ2) is 6.72. The molecular weight excluding hydrogens is 321 g/mol. The zero-order chi connectivity index (χ0) is 17.1. The van der Waals surface area contributed by atoms with Crippen molar-refractivity contribution in [1.82, 2.24) is 9.78 Å². The summed E-state index contributed by atoms with van der Waals surface area (Å²) in [6.45, 7) is 2.48. The van der Waals surface area contributed by atoms with Crippen LogP contribution in [0.5, 0.6) is 0 Å². The lowest BCUT2D eigenvalue weighted by atomic mass is 9.79. The average Bonchev–Trinajstić information content (AvgIpc) is 3.36. The molecule has 1 saturated heterocycles. The Hall–Kier alpha value is -2.60. The molecule has 0 spiro atoms. The number of benzene rings is 1. The maximum atomic E-state index is 13.7. The van der Waals surface area contributed by atoms with Crippen molar-refractivity contribution in [2.45, 2.75) is 18.4 Å². The van der Waals surface area contributed by atoms with E-state index in [1.165, 1.54) is 6.07 Å². The second-order valence-corrected chi connectivity index (χ2v) is 6.40. The van der Waals surface area contributed by atoms with Crippen LogP contribution in [0.25, 0.3) is 0 Å². The van der Waals surface area contributed by atoms with E-state index < -0.39 is 0 Å². The van der Waals surface area contributed by atoms with Gasteiger partial charge in [0.25, 0.3) is 0 Å². The number of ether oxygens (including phenoxy) is 1. The molecule has 3 heterocycles. The van der Waals surface area contributed by atoms with Gasteiger partial charge in [-0.2, -0.15) is 5.10 Å². The van der Waals surface area contributed by atoms with Gasteiger partial charge in [0.1, 0.15) is 23.9 Å². The van der Waals surface area contributed by atoms with E-state index >= 15 is 0 Å². The number of nitrogens with zero attached hydrogens (tertiary/aromatic N) is 2. The molecule has 1 aromatic carbocycles. The summed E-state index contributed by atoms with van der Waals surface area (Å²) < 4.78 is 26.6. The van der Waals surface area contributed by atoms with Crippen molar-refractivity contribution in [1.29, 1.82) is 0 Å². The van der Waals surface area contributed by atoms with Crippen molar-refractivity contribution in [2.24, 2.45) is 0 Å². The van der Waals surface area contributed by atoms with E-state index in [0.29, 0.717) is 26.3 Å². The van der Waals surface area contributed by atoms with E-state index in [1.54, 1.807) is 24.6 Å². The third kappa shape index (κ3) is 3.30. The molecule has 6 heteroatoms. The summed E-state index contributed by atoms with van der Waals surface area (Å²) in [5, 5.41) is 7.81. The van der Waals surface area contributed by atoms with Gasteiger partial charge in [-0.1, -0.05) is 12.1 Å². The smallest absolute Gasteiger partial charge is 0.125 e. The second-order valence-electron chi connectivity index (χ2n) is 6.40. The van der Waals surface area contributed by atoms with Crippen LogP contribution in [0, 0.1) is 5.82 Å². The summed E-state index contributed by atoms with van der Waals surface area (Å²) in [7, 11) is 0. The van der Waals surface area contributed by atoms with Gasteiger partial charge in [-0.25, -0.2) is 9.07 Å². The van der Waals surface area contributed by atoms with Gasteiger partial charge in [-0.15, -0.1) is 0 Å². The van der Waals surface area contributed by atoms with Crippen LogP contribution in [-0.2, 0) is 16.7 Å². The summed E-state index contributed by atoms with van der Waals surface area (Å²) in [5.74, 6) is 1.53. The zero-order valence-corrected chi connectivity index (χ0v) is 13.8. The molecule has 1 aliphatic heterocycles. The van der Waals surface area contributed by atoms with Crippen LogP contribution >= 0.6 is 0 Å². The fourth-order valence-electron chi connectivity index (χ4n) is 3.31. The molecule has 25 heavy (non-hydrogen) atoms. The molecule has 130 valence electrons. The summed E-state index contributed by atoms with van der Waals surface area (Å²) in [5.41, 5.74) is 0.733. The fraction of sp³-hybridized carbons (Fsp3) is 0.316. The normalized spacial score (nSPS) is 20.0. The minimum absolute atomic E-state index is 0.216. The van der Waals surface area contributed by atoms with E-state index in [2.05, 4.69) is 10.4 Å². The van der Waals surface area contributed by atoms with Gasteiger partial charge >= 0.3 is 0 Å². The number of nitrogens with one attached hydrogen (secondary N) is 1. The topological polar surface area (TPSA) is 52.2 Å². The van der Waals surface area contributed by atoms with Crippen molar-refractivity contribution in [3.8, 4) is 0 Å². The summed E-state index contributed by atoms with van der Waals surface area (Å²) in [4.78, 5) is 0. The minimum atomic E-state index is -0.234. The number of rotatable bonds is 6. The van der Waals surface area contributed by atoms with E-state index in [4.69, 9.17) is 9.15 Å². The molecule has 1 fully saturated rings. The van der Waals surface area contributed by atoms with Crippen molar-refractivity contribution >= 4 is 5.82 Å². The monoisotopic (exact) mass is 341 g/mol. The van der Waals surface area contributed by atoms with E-state index in [-0.39, 0.29) is 11.2 Å². The van der Waals surface area contributed by atoms with E-state index in [9.17, 15) is 4.39 Å². The molecule has 0 amide bonds. The lowest BCUT2D eigenvalue weighted by Crippen LogP contribution is -2.35. The van der Waals surface area contributed by atoms with Crippen LogP contribution < -0.4 is 5.32 Å². The highest BCUT2D eigenvalue weighted by Crippen LogP contribution is 2.34. The van der Waals surface area contributed by atoms with Crippen molar-refractivity contribution in [2.75, 3.05) is 25.1 Å².